The molecule has 2 aromatic carbocycles. The van der Waals surface area contributed by atoms with Crippen molar-refractivity contribution < 1.29 is 23.5 Å². The lowest BCUT2D eigenvalue weighted by atomic mass is 10.0. The highest BCUT2D eigenvalue weighted by Gasteiger charge is 2.32. The zero-order chi connectivity index (χ0) is 23.3. The molecule has 32 heavy (non-hydrogen) atoms. The number of aromatic nitrogens is 2. The molecule has 0 unspecified atom stereocenters. The fourth-order valence-corrected chi connectivity index (χ4v) is 3.04. The van der Waals surface area contributed by atoms with E-state index in [0.717, 1.165) is 11.1 Å². The summed E-state index contributed by atoms with van der Waals surface area (Å²) in [5.41, 5.74) is 1.90. The van der Waals surface area contributed by atoms with Crippen LogP contribution in [0.15, 0.2) is 47.0 Å². The summed E-state index contributed by atoms with van der Waals surface area (Å²) in [6, 6.07) is 13.5. The zero-order valence-electron chi connectivity index (χ0n) is 19.5. The van der Waals surface area contributed by atoms with E-state index in [0.29, 0.717) is 35.7 Å². The molecule has 0 spiro atoms. The van der Waals surface area contributed by atoms with Gasteiger partial charge in [0.1, 0.15) is 11.5 Å². The molecule has 0 aliphatic heterocycles. The van der Waals surface area contributed by atoms with Crippen molar-refractivity contribution in [3.05, 3.63) is 59.5 Å². The zero-order valence-corrected chi connectivity index (χ0v) is 19.5. The highest BCUT2D eigenvalue weighted by Crippen LogP contribution is 2.28. The minimum Gasteiger partial charge on any atom is -0.484 e. The van der Waals surface area contributed by atoms with Gasteiger partial charge in [0.15, 0.2) is 12.2 Å². The van der Waals surface area contributed by atoms with Gasteiger partial charge >= 0.3 is 5.97 Å². The lowest BCUT2D eigenvalue weighted by Gasteiger charge is -2.25. The lowest BCUT2D eigenvalue weighted by Crippen LogP contribution is -2.39. The van der Waals surface area contributed by atoms with Crippen molar-refractivity contribution in [3.8, 4) is 22.9 Å². The molecule has 7 heteroatoms. The molecule has 0 N–H and O–H groups in total. The van der Waals surface area contributed by atoms with Crippen LogP contribution >= 0.6 is 0 Å². The van der Waals surface area contributed by atoms with Crippen LogP contribution in [0.3, 0.4) is 0 Å². The second-order valence-electron chi connectivity index (χ2n) is 8.34. The largest absolute Gasteiger partial charge is 0.484 e. The predicted octanol–water partition coefficient (Wildman–Crippen LogP) is 5.47. The quantitative estimate of drug-likeness (QED) is 0.410. The Balaban J connectivity index is 1.62. The van der Waals surface area contributed by atoms with Gasteiger partial charge in [0.2, 0.25) is 5.82 Å². The maximum Gasteiger partial charge on any atom is 0.349 e. The summed E-state index contributed by atoms with van der Waals surface area (Å²) in [5.74, 6) is 2.18. The molecule has 0 fully saturated rings. The molecule has 0 bridgehead atoms. The SMILES string of the molecule is CCOC(=O)C(C)(C)Oc1ccc(OCc2nc(-c3ccc(C(C)C)cc3)no2)cc1C. The van der Waals surface area contributed by atoms with Crippen LogP contribution in [0.5, 0.6) is 11.5 Å². The maximum absolute atomic E-state index is 12.1. The van der Waals surface area contributed by atoms with Crippen LogP contribution in [0.25, 0.3) is 11.4 Å². The Morgan fingerprint density at radius 2 is 1.84 bits per heavy atom. The van der Waals surface area contributed by atoms with Crippen molar-refractivity contribution in [1.82, 2.24) is 10.1 Å². The standard InChI is InChI=1S/C25H30N2O5/c1-7-29-24(28)25(5,6)31-21-13-12-20(14-17(21)4)30-15-22-26-23(27-32-22)19-10-8-18(9-11-19)16(2)3/h8-14,16H,7,15H2,1-6H3. The van der Waals surface area contributed by atoms with E-state index in [2.05, 4.69) is 36.1 Å². The van der Waals surface area contributed by atoms with E-state index in [-0.39, 0.29) is 6.61 Å². The number of carbonyl (C=O) groups excluding carboxylic acids is 1. The average Bonchev–Trinajstić information content (AvgIpc) is 3.23. The van der Waals surface area contributed by atoms with Crippen LogP contribution in [-0.4, -0.2) is 28.3 Å². The molecule has 1 heterocycles. The third kappa shape index (κ3) is 5.66. The van der Waals surface area contributed by atoms with E-state index in [1.165, 1.54) is 5.56 Å². The fourth-order valence-electron chi connectivity index (χ4n) is 3.04. The fraction of sp³-hybridized carbons (Fsp3) is 0.400. The summed E-state index contributed by atoms with van der Waals surface area (Å²) < 4.78 is 22.1. The minimum absolute atomic E-state index is 0.144. The molecule has 0 radical (unpaired) electrons. The Hall–Kier alpha value is -3.35. The molecule has 3 aromatic rings. The van der Waals surface area contributed by atoms with E-state index in [4.69, 9.17) is 18.7 Å². The molecule has 170 valence electrons. The molecule has 0 saturated carbocycles. The van der Waals surface area contributed by atoms with Gasteiger partial charge in [-0.1, -0.05) is 43.3 Å². The van der Waals surface area contributed by atoms with Gasteiger partial charge < -0.3 is 18.7 Å². The van der Waals surface area contributed by atoms with Crippen LogP contribution in [0.4, 0.5) is 0 Å². The van der Waals surface area contributed by atoms with Crippen LogP contribution in [0.1, 0.15) is 57.6 Å². The summed E-state index contributed by atoms with van der Waals surface area (Å²) in [6.07, 6.45) is 0. The summed E-state index contributed by atoms with van der Waals surface area (Å²) in [5, 5.41) is 4.05. The average molecular weight is 439 g/mol. The first-order valence-electron chi connectivity index (χ1n) is 10.7. The molecular weight excluding hydrogens is 408 g/mol. The number of ether oxygens (including phenoxy) is 3. The van der Waals surface area contributed by atoms with Crippen molar-refractivity contribution in [2.24, 2.45) is 0 Å². The smallest absolute Gasteiger partial charge is 0.349 e. The molecule has 0 amide bonds. The second kappa shape index (κ2) is 9.85. The van der Waals surface area contributed by atoms with Crippen molar-refractivity contribution >= 4 is 5.97 Å². The molecule has 1 aromatic heterocycles. The van der Waals surface area contributed by atoms with Crippen molar-refractivity contribution in [3.63, 3.8) is 0 Å². The highest BCUT2D eigenvalue weighted by atomic mass is 16.6. The lowest BCUT2D eigenvalue weighted by molar-refractivity contribution is -0.158. The van der Waals surface area contributed by atoms with E-state index in [1.54, 1.807) is 32.9 Å². The Labute approximate surface area is 188 Å². The molecule has 0 aliphatic carbocycles. The number of aryl methyl sites for hydroxylation is 1. The van der Waals surface area contributed by atoms with Crippen molar-refractivity contribution in [1.29, 1.82) is 0 Å². The van der Waals surface area contributed by atoms with Gasteiger partial charge in [-0.15, -0.1) is 0 Å². The molecular formula is C25H30N2O5. The number of hydrogen-bond donors (Lipinski definition) is 0. The summed E-state index contributed by atoms with van der Waals surface area (Å²) >= 11 is 0. The normalized spacial score (nSPS) is 11.5. The van der Waals surface area contributed by atoms with Crippen LogP contribution < -0.4 is 9.47 Å². The highest BCUT2D eigenvalue weighted by molar-refractivity contribution is 5.79. The first-order valence-corrected chi connectivity index (χ1v) is 10.7. The summed E-state index contributed by atoms with van der Waals surface area (Å²) in [7, 11) is 0. The third-order valence-corrected chi connectivity index (χ3v) is 4.94. The minimum atomic E-state index is -1.09. The van der Waals surface area contributed by atoms with Crippen LogP contribution in [-0.2, 0) is 16.1 Å². The molecule has 0 aliphatic rings. The topological polar surface area (TPSA) is 83.7 Å². The molecule has 7 nitrogen and oxygen atoms in total. The Bertz CT molecular complexity index is 1050. The summed E-state index contributed by atoms with van der Waals surface area (Å²) in [4.78, 5) is 16.5. The predicted molar refractivity (Wildman–Crippen MR) is 121 cm³/mol. The first kappa shape index (κ1) is 23.3. The monoisotopic (exact) mass is 438 g/mol. The van der Waals surface area contributed by atoms with Gasteiger partial charge in [0.05, 0.1) is 6.61 Å². The first-order chi connectivity index (χ1) is 15.2. The number of rotatable bonds is 9. The van der Waals surface area contributed by atoms with Gasteiger partial charge in [0, 0.05) is 5.56 Å². The third-order valence-electron chi connectivity index (χ3n) is 4.94. The van der Waals surface area contributed by atoms with Crippen LogP contribution in [0.2, 0.25) is 0 Å². The Morgan fingerprint density at radius 3 is 2.47 bits per heavy atom. The van der Waals surface area contributed by atoms with E-state index >= 15 is 0 Å². The second-order valence-corrected chi connectivity index (χ2v) is 8.34. The number of carbonyl (C=O) groups is 1. The van der Waals surface area contributed by atoms with Crippen molar-refractivity contribution in [2.45, 2.75) is 59.7 Å². The van der Waals surface area contributed by atoms with Gasteiger partial charge in [-0.2, -0.15) is 4.98 Å². The molecule has 0 saturated heterocycles. The van der Waals surface area contributed by atoms with Gasteiger partial charge in [0.25, 0.3) is 5.89 Å². The number of esters is 1. The number of benzene rings is 2. The van der Waals surface area contributed by atoms with E-state index in [9.17, 15) is 4.79 Å². The number of nitrogens with zero attached hydrogens (tertiary/aromatic N) is 2. The molecule has 3 rings (SSSR count). The number of hydrogen-bond acceptors (Lipinski definition) is 7. The van der Waals surface area contributed by atoms with Gasteiger partial charge in [-0.25, -0.2) is 4.79 Å². The van der Waals surface area contributed by atoms with E-state index < -0.39 is 11.6 Å². The van der Waals surface area contributed by atoms with Gasteiger partial charge in [-0.3, -0.25) is 0 Å². The van der Waals surface area contributed by atoms with Crippen molar-refractivity contribution in [2.75, 3.05) is 6.61 Å². The maximum atomic E-state index is 12.1. The van der Waals surface area contributed by atoms with Crippen LogP contribution in [0, 0.1) is 6.92 Å². The molecule has 0 atom stereocenters. The van der Waals surface area contributed by atoms with E-state index in [1.807, 2.05) is 25.1 Å². The summed E-state index contributed by atoms with van der Waals surface area (Å²) in [6.45, 7) is 11.8. The Kier molecular flexibility index (Phi) is 7.18. The van der Waals surface area contributed by atoms with Gasteiger partial charge in [-0.05, 0) is 62.9 Å². The Morgan fingerprint density at radius 1 is 1.12 bits per heavy atom.